The lowest BCUT2D eigenvalue weighted by molar-refractivity contribution is -0.146. The highest BCUT2D eigenvalue weighted by molar-refractivity contribution is 5.85. The zero-order valence-corrected chi connectivity index (χ0v) is 14.4. The van der Waals surface area contributed by atoms with E-state index < -0.39 is 5.60 Å². The zero-order chi connectivity index (χ0) is 16.7. The third-order valence-corrected chi connectivity index (χ3v) is 4.42. The monoisotopic (exact) mass is 320 g/mol. The Kier molecular flexibility index (Phi) is 6.42. The molecule has 0 saturated carbocycles. The fourth-order valence-corrected chi connectivity index (χ4v) is 2.80. The van der Waals surface area contributed by atoms with Gasteiger partial charge in [-0.15, -0.1) is 0 Å². The Hall–Kier alpha value is -1.59. The van der Waals surface area contributed by atoms with E-state index in [-0.39, 0.29) is 5.91 Å². The molecule has 1 amide bonds. The number of benzene rings is 1. The third-order valence-electron chi connectivity index (χ3n) is 4.42. The maximum Gasteiger partial charge on any atom is 0.252 e. The zero-order valence-electron chi connectivity index (χ0n) is 14.4. The Labute approximate surface area is 138 Å². The van der Waals surface area contributed by atoms with Gasteiger partial charge in [0.1, 0.15) is 18.0 Å². The molecule has 5 nitrogen and oxygen atoms in total. The van der Waals surface area contributed by atoms with Gasteiger partial charge in [0.25, 0.3) is 5.91 Å². The number of carbonyl (C=O) groups is 1. The maximum absolute atomic E-state index is 12.4. The number of nitrogens with one attached hydrogen (secondary N) is 2. The molecule has 2 rings (SSSR count). The molecule has 0 aliphatic carbocycles. The van der Waals surface area contributed by atoms with Crippen molar-refractivity contribution >= 4 is 5.91 Å². The normalized spacial score (nSPS) is 17.0. The van der Waals surface area contributed by atoms with E-state index in [0.29, 0.717) is 31.9 Å². The summed E-state index contributed by atoms with van der Waals surface area (Å²) < 4.78 is 11.2. The van der Waals surface area contributed by atoms with Gasteiger partial charge in [0.2, 0.25) is 0 Å². The van der Waals surface area contributed by atoms with E-state index >= 15 is 0 Å². The quantitative estimate of drug-likeness (QED) is 0.755. The van der Waals surface area contributed by atoms with Gasteiger partial charge in [0.05, 0.1) is 6.54 Å². The summed E-state index contributed by atoms with van der Waals surface area (Å²) in [5.41, 5.74) is 0.600. The molecule has 0 atom stereocenters. The Balaban J connectivity index is 1.75. The Bertz CT molecular complexity index is 493. The molecule has 1 saturated heterocycles. The highest BCUT2D eigenvalue weighted by Gasteiger charge is 2.39. The number of rotatable bonds is 7. The summed E-state index contributed by atoms with van der Waals surface area (Å²) in [4.78, 5) is 12.4. The van der Waals surface area contributed by atoms with Crippen LogP contribution in [0.1, 0.15) is 38.2 Å². The number of ether oxygens (including phenoxy) is 2. The van der Waals surface area contributed by atoms with Crippen LogP contribution in [0.25, 0.3) is 0 Å². The van der Waals surface area contributed by atoms with Crippen LogP contribution in [-0.2, 0) is 9.53 Å². The lowest BCUT2D eigenvalue weighted by Crippen LogP contribution is -2.54. The van der Waals surface area contributed by atoms with Crippen LogP contribution in [-0.4, -0.2) is 44.9 Å². The first-order valence-electron chi connectivity index (χ1n) is 8.34. The Morgan fingerprint density at radius 2 is 1.91 bits per heavy atom. The van der Waals surface area contributed by atoms with Crippen LogP contribution < -0.4 is 15.4 Å². The predicted octanol–water partition coefficient (Wildman–Crippen LogP) is 2.07. The van der Waals surface area contributed by atoms with E-state index in [1.807, 2.05) is 12.1 Å². The summed E-state index contributed by atoms with van der Waals surface area (Å²) in [6.45, 7) is 6.86. The van der Waals surface area contributed by atoms with Gasteiger partial charge in [0.15, 0.2) is 0 Å². The first kappa shape index (κ1) is 17.8. The molecule has 1 aliphatic rings. The topological polar surface area (TPSA) is 59.6 Å². The molecule has 0 spiro atoms. The first-order chi connectivity index (χ1) is 11.1. The summed E-state index contributed by atoms with van der Waals surface area (Å²) in [5, 5.41) is 6.17. The molecule has 23 heavy (non-hydrogen) atoms. The summed E-state index contributed by atoms with van der Waals surface area (Å²) in [5.74, 6) is 1.30. The van der Waals surface area contributed by atoms with Crippen LogP contribution in [0, 0.1) is 0 Å². The molecule has 1 aromatic rings. The fourth-order valence-electron chi connectivity index (χ4n) is 2.80. The van der Waals surface area contributed by atoms with Crippen molar-refractivity contribution in [2.75, 3.05) is 33.4 Å². The second kappa shape index (κ2) is 8.31. The second-order valence-corrected chi connectivity index (χ2v) is 6.28. The van der Waals surface area contributed by atoms with Crippen molar-refractivity contribution in [2.24, 2.45) is 0 Å². The van der Waals surface area contributed by atoms with Gasteiger partial charge in [-0.1, -0.05) is 26.0 Å². The molecule has 0 bridgehead atoms. The number of methoxy groups -OCH3 is 1. The molecule has 0 unspecified atom stereocenters. The van der Waals surface area contributed by atoms with E-state index in [1.54, 1.807) is 7.11 Å². The van der Waals surface area contributed by atoms with Crippen LogP contribution in [0.3, 0.4) is 0 Å². The summed E-state index contributed by atoms with van der Waals surface area (Å²) in [7, 11) is 1.61. The van der Waals surface area contributed by atoms with Crippen LogP contribution >= 0.6 is 0 Å². The molecule has 0 radical (unpaired) electrons. The average Bonchev–Trinajstić information content (AvgIpc) is 2.59. The van der Waals surface area contributed by atoms with E-state index in [4.69, 9.17) is 9.47 Å². The molecule has 1 aliphatic heterocycles. The number of carbonyl (C=O) groups excluding carboxylic acids is 1. The number of hydrogen-bond donors (Lipinski definition) is 2. The van der Waals surface area contributed by atoms with Gasteiger partial charge < -0.3 is 20.1 Å². The van der Waals surface area contributed by atoms with E-state index in [2.05, 4.69) is 36.6 Å². The Morgan fingerprint density at radius 1 is 1.26 bits per heavy atom. The molecule has 128 valence electrons. The lowest BCUT2D eigenvalue weighted by Gasteiger charge is -2.34. The van der Waals surface area contributed by atoms with Crippen molar-refractivity contribution in [2.45, 2.75) is 38.2 Å². The second-order valence-electron chi connectivity index (χ2n) is 6.28. The molecular weight excluding hydrogens is 292 g/mol. The first-order valence-corrected chi connectivity index (χ1v) is 8.34. The van der Waals surface area contributed by atoms with Crippen LogP contribution in [0.5, 0.6) is 5.75 Å². The van der Waals surface area contributed by atoms with Crippen molar-refractivity contribution in [1.82, 2.24) is 10.6 Å². The van der Waals surface area contributed by atoms with Gasteiger partial charge in [-0.25, -0.2) is 0 Å². The number of amides is 1. The van der Waals surface area contributed by atoms with Gasteiger partial charge >= 0.3 is 0 Å². The van der Waals surface area contributed by atoms with Crippen molar-refractivity contribution < 1.29 is 14.3 Å². The lowest BCUT2D eigenvalue weighted by atomic mass is 9.91. The smallest absolute Gasteiger partial charge is 0.252 e. The van der Waals surface area contributed by atoms with Gasteiger partial charge in [0, 0.05) is 7.11 Å². The summed E-state index contributed by atoms with van der Waals surface area (Å²) in [6, 6.07) is 8.10. The SMILES string of the molecule is COC1(C(=O)NCCOc2ccc(C(C)C)cc2)CCNCC1. The molecule has 1 heterocycles. The highest BCUT2D eigenvalue weighted by atomic mass is 16.5. The molecule has 2 N–H and O–H groups in total. The van der Waals surface area contributed by atoms with Gasteiger partial charge in [-0.3, -0.25) is 4.79 Å². The van der Waals surface area contributed by atoms with Crippen LogP contribution in [0.4, 0.5) is 0 Å². The minimum absolute atomic E-state index is 0.0414. The van der Waals surface area contributed by atoms with E-state index in [9.17, 15) is 4.79 Å². The Morgan fingerprint density at radius 3 is 2.48 bits per heavy atom. The van der Waals surface area contributed by atoms with Gasteiger partial charge in [-0.05, 0) is 49.5 Å². The average molecular weight is 320 g/mol. The molecule has 5 heteroatoms. The van der Waals surface area contributed by atoms with Crippen molar-refractivity contribution in [1.29, 1.82) is 0 Å². The largest absolute Gasteiger partial charge is 0.492 e. The summed E-state index contributed by atoms with van der Waals surface area (Å²) >= 11 is 0. The minimum Gasteiger partial charge on any atom is -0.492 e. The maximum atomic E-state index is 12.4. The summed E-state index contributed by atoms with van der Waals surface area (Å²) in [6.07, 6.45) is 1.40. The van der Waals surface area contributed by atoms with Gasteiger partial charge in [-0.2, -0.15) is 0 Å². The minimum atomic E-state index is -0.690. The van der Waals surface area contributed by atoms with Crippen molar-refractivity contribution in [3.8, 4) is 5.75 Å². The van der Waals surface area contributed by atoms with Crippen molar-refractivity contribution in [3.05, 3.63) is 29.8 Å². The number of piperidine rings is 1. The highest BCUT2D eigenvalue weighted by Crippen LogP contribution is 2.22. The van der Waals surface area contributed by atoms with Crippen LogP contribution in [0.15, 0.2) is 24.3 Å². The van der Waals surface area contributed by atoms with E-state index in [1.165, 1.54) is 5.56 Å². The molecule has 1 fully saturated rings. The van der Waals surface area contributed by atoms with E-state index in [0.717, 1.165) is 18.8 Å². The number of hydrogen-bond acceptors (Lipinski definition) is 4. The van der Waals surface area contributed by atoms with Crippen LogP contribution in [0.2, 0.25) is 0 Å². The predicted molar refractivity (Wildman–Crippen MR) is 90.9 cm³/mol. The fraction of sp³-hybridized carbons (Fsp3) is 0.611. The molecule has 1 aromatic carbocycles. The molecular formula is C18H28N2O3. The standard InChI is InChI=1S/C18H28N2O3/c1-14(2)15-4-6-16(7-5-15)23-13-12-20-17(21)18(22-3)8-10-19-11-9-18/h4-7,14,19H,8-13H2,1-3H3,(H,20,21). The molecule has 0 aromatic heterocycles. The third kappa shape index (κ3) is 4.69. The van der Waals surface area contributed by atoms with Crippen molar-refractivity contribution in [3.63, 3.8) is 0 Å².